The Morgan fingerprint density at radius 1 is 0.917 bits per heavy atom. The fraction of sp³-hybridized carbons (Fsp3) is 0.500. The van der Waals surface area contributed by atoms with Crippen molar-refractivity contribution >= 4 is 23.2 Å². The van der Waals surface area contributed by atoms with Gasteiger partial charge in [-0.25, -0.2) is 0 Å². The van der Waals surface area contributed by atoms with E-state index in [1.165, 1.54) is 23.6 Å². The van der Waals surface area contributed by atoms with Crippen LogP contribution in [0.25, 0.3) is 10.8 Å². The fourth-order valence-electron chi connectivity index (χ4n) is 3.91. The molecule has 2 aliphatic heterocycles. The molecule has 0 saturated carbocycles. The van der Waals surface area contributed by atoms with E-state index in [9.17, 15) is 0 Å². The number of benzene rings is 2. The van der Waals surface area contributed by atoms with Crippen LogP contribution >= 0.6 is 12.4 Å². The molecule has 2 atom stereocenters. The van der Waals surface area contributed by atoms with Crippen molar-refractivity contribution in [1.82, 2.24) is 5.32 Å². The second-order valence-corrected chi connectivity index (χ2v) is 7.19. The van der Waals surface area contributed by atoms with Gasteiger partial charge in [-0.2, -0.15) is 0 Å². The van der Waals surface area contributed by atoms with Gasteiger partial charge in [-0.1, -0.05) is 12.1 Å². The van der Waals surface area contributed by atoms with Gasteiger partial charge in [-0.15, -0.1) is 12.4 Å². The number of ether oxygens (including phenoxy) is 2. The summed E-state index contributed by atoms with van der Waals surface area (Å²) in [6.07, 6.45) is 5.44. The zero-order valence-corrected chi connectivity index (χ0v) is 15.1. The third kappa shape index (κ3) is 3.79. The molecule has 2 bridgehead atoms. The molecule has 0 amide bonds. The van der Waals surface area contributed by atoms with Crippen LogP contribution in [0.2, 0.25) is 0 Å². The largest absolute Gasteiger partial charge is 0.491 e. The van der Waals surface area contributed by atoms with Crippen LogP contribution in [0.5, 0.6) is 11.5 Å². The summed E-state index contributed by atoms with van der Waals surface area (Å²) < 4.78 is 12.0. The molecule has 2 unspecified atom stereocenters. The Labute approximate surface area is 150 Å². The minimum Gasteiger partial charge on any atom is -0.491 e. The third-order valence-electron chi connectivity index (χ3n) is 4.89. The van der Waals surface area contributed by atoms with Crippen LogP contribution in [0.15, 0.2) is 36.4 Å². The Kier molecular flexibility index (Phi) is 5.21. The van der Waals surface area contributed by atoms with Crippen molar-refractivity contribution in [2.45, 2.75) is 63.8 Å². The molecule has 2 heterocycles. The zero-order chi connectivity index (χ0) is 15.8. The average molecular weight is 348 g/mol. The lowest BCUT2D eigenvalue weighted by molar-refractivity contribution is 0.137. The summed E-state index contributed by atoms with van der Waals surface area (Å²) in [4.78, 5) is 0. The Balaban J connectivity index is 0.00000169. The van der Waals surface area contributed by atoms with E-state index in [1.807, 2.05) is 19.9 Å². The van der Waals surface area contributed by atoms with Crippen molar-refractivity contribution in [1.29, 1.82) is 0 Å². The van der Waals surface area contributed by atoms with E-state index in [0.717, 1.165) is 24.3 Å². The maximum Gasteiger partial charge on any atom is 0.120 e. The Morgan fingerprint density at radius 2 is 1.50 bits per heavy atom. The maximum absolute atomic E-state index is 6.27. The van der Waals surface area contributed by atoms with Gasteiger partial charge < -0.3 is 14.8 Å². The lowest BCUT2D eigenvalue weighted by Gasteiger charge is -2.29. The molecule has 2 saturated heterocycles. The number of fused-ring (bicyclic) bond motifs is 3. The van der Waals surface area contributed by atoms with Crippen LogP contribution in [0.3, 0.4) is 0 Å². The maximum atomic E-state index is 6.27. The minimum atomic E-state index is 0. The molecule has 2 fully saturated rings. The van der Waals surface area contributed by atoms with Gasteiger partial charge in [0.05, 0.1) is 6.10 Å². The standard InChI is InChI=1S/C20H25NO2.ClH/c1-13(2)22-18-7-3-15-10-19(8-4-14(15)9-18)23-20-11-16-5-6-17(12-20)21-16;/h3-4,7-10,13,16-17,20-21H,5-6,11-12H2,1-2H3;1H. The molecule has 2 aliphatic rings. The summed E-state index contributed by atoms with van der Waals surface area (Å²) in [6.45, 7) is 4.10. The number of halogens is 1. The molecule has 0 spiro atoms. The van der Waals surface area contributed by atoms with Gasteiger partial charge in [0, 0.05) is 12.1 Å². The highest BCUT2D eigenvalue weighted by Crippen LogP contribution is 2.31. The number of hydrogen-bond acceptors (Lipinski definition) is 3. The van der Waals surface area contributed by atoms with E-state index in [4.69, 9.17) is 9.47 Å². The summed E-state index contributed by atoms with van der Waals surface area (Å²) in [5, 5.41) is 6.06. The SMILES string of the molecule is CC(C)Oc1ccc2cc(OC3CC4CCC(C3)N4)ccc2c1.Cl. The van der Waals surface area contributed by atoms with Gasteiger partial charge in [0.2, 0.25) is 0 Å². The highest BCUT2D eigenvalue weighted by molar-refractivity contribution is 5.85. The predicted molar refractivity (Wildman–Crippen MR) is 101 cm³/mol. The van der Waals surface area contributed by atoms with E-state index in [2.05, 4.69) is 35.6 Å². The molecular weight excluding hydrogens is 322 g/mol. The van der Waals surface area contributed by atoms with Crippen molar-refractivity contribution in [2.24, 2.45) is 0 Å². The first-order valence-electron chi connectivity index (χ1n) is 8.79. The average Bonchev–Trinajstić information content (AvgIpc) is 2.86. The molecule has 0 aliphatic carbocycles. The summed E-state index contributed by atoms with van der Waals surface area (Å²) in [5.41, 5.74) is 0. The number of piperidine rings is 1. The fourth-order valence-corrected chi connectivity index (χ4v) is 3.91. The summed E-state index contributed by atoms with van der Waals surface area (Å²) in [5.74, 6) is 1.91. The molecular formula is C20H26ClNO2. The van der Waals surface area contributed by atoms with Gasteiger partial charge in [0.25, 0.3) is 0 Å². The first kappa shape index (κ1) is 17.4. The van der Waals surface area contributed by atoms with Crippen molar-refractivity contribution in [3.8, 4) is 11.5 Å². The van der Waals surface area contributed by atoms with Crippen LogP contribution in [0.4, 0.5) is 0 Å². The van der Waals surface area contributed by atoms with Crippen molar-refractivity contribution in [2.75, 3.05) is 0 Å². The predicted octanol–water partition coefficient (Wildman–Crippen LogP) is 4.71. The van der Waals surface area contributed by atoms with Crippen molar-refractivity contribution < 1.29 is 9.47 Å². The van der Waals surface area contributed by atoms with E-state index in [1.54, 1.807) is 0 Å². The van der Waals surface area contributed by atoms with Gasteiger partial charge in [0.1, 0.15) is 17.6 Å². The van der Waals surface area contributed by atoms with Crippen LogP contribution in [-0.2, 0) is 0 Å². The Hall–Kier alpha value is -1.45. The monoisotopic (exact) mass is 347 g/mol. The molecule has 3 nitrogen and oxygen atoms in total. The highest BCUT2D eigenvalue weighted by atomic mass is 35.5. The zero-order valence-electron chi connectivity index (χ0n) is 14.3. The number of hydrogen-bond donors (Lipinski definition) is 1. The second kappa shape index (κ2) is 7.20. The minimum absolute atomic E-state index is 0. The van der Waals surface area contributed by atoms with Gasteiger partial charge in [-0.05, 0) is 74.6 Å². The van der Waals surface area contributed by atoms with Crippen molar-refractivity contribution in [3.05, 3.63) is 36.4 Å². The lowest BCUT2D eigenvalue weighted by Crippen LogP contribution is -2.42. The molecule has 4 heteroatoms. The van der Waals surface area contributed by atoms with Crippen LogP contribution in [0.1, 0.15) is 39.5 Å². The molecule has 4 rings (SSSR count). The Bertz CT molecular complexity index is 691. The first-order valence-corrected chi connectivity index (χ1v) is 8.79. The van der Waals surface area contributed by atoms with Gasteiger partial charge in [0.15, 0.2) is 0 Å². The molecule has 0 radical (unpaired) electrons. The van der Waals surface area contributed by atoms with Crippen LogP contribution < -0.4 is 14.8 Å². The highest BCUT2D eigenvalue weighted by Gasteiger charge is 2.34. The molecule has 24 heavy (non-hydrogen) atoms. The van der Waals surface area contributed by atoms with E-state index < -0.39 is 0 Å². The first-order chi connectivity index (χ1) is 11.2. The normalized spacial score (nSPS) is 25.5. The number of nitrogens with one attached hydrogen (secondary N) is 1. The van der Waals surface area contributed by atoms with Gasteiger partial charge >= 0.3 is 0 Å². The lowest BCUT2D eigenvalue weighted by atomic mass is 10.0. The van der Waals surface area contributed by atoms with E-state index in [-0.39, 0.29) is 18.5 Å². The van der Waals surface area contributed by atoms with Crippen molar-refractivity contribution in [3.63, 3.8) is 0 Å². The molecule has 2 aromatic rings. The smallest absolute Gasteiger partial charge is 0.120 e. The molecule has 130 valence electrons. The van der Waals surface area contributed by atoms with E-state index >= 15 is 0 Å². The van der Waals surface area contributed by atoms with E-state index in [0.29, 0.717) is 18.2 Å². The topological polar surface area (TPSA) is 30.5 Å². The van der Waals surface area contributed by atoms with Gasteiger partial charge in [-0.3, -0.25) is 0 Å². The summed E-state index contributed by atoms with van der Waals surface area (Å²) >= 11 is 0. The Morgan fingerprint density at radius 3 is 2.12 bits per heavy atom. The van der Waals surface area contributed by atoms with Crippen LogP contribution in [-0.4, -0.2) is 24.3 Å². The second-order valence-electron chi connectivity index (χ2n) is 7.19. The van der Waals surface area contributed by atoms with Crippen LogP contribution in [0, 0.1) is 0 Å². The number of rotatable bonds is 4. The summed E-state index contributed by atoms with van der Waals surface area (Å²) in [7, 11) is 0. The summed E-state index contributed by atoms with van der Waals surface area (Å²) in [6, 6.07) is 14.0. The third-order valence-corrected chi connectivity index (χ3v) is 4.89. The molecule has 0 aromatic heterocycles. The quantitative estimate of drug-likeness (QED) is 0.868. The molecule has 1 N–H and O–H groups in total. The molecule has 2 aromatic carbocycles.